The summed E-state index contributed by atoms with van der Waals surface area (Å²) in [6, 6.07) is 0. The maximum atomic E-state index is 11.9. The van der Waals surface area contributed by atoms with E-state index in [1.165, 1.54) is 13.3 Å². The monoisotopic (exact) mass is 305 g/mol. The molecule has 9 heteroatoms. The molecule has 0 amide bonds. The first-order valence-corrected chi connectivity index (χ1v) is 6.07. The summed E-state index contributed by atoms with van der Waals surface area (Å²) in [5.74, 6) is -0.632. The zero-order valence-electron chi connectivity index (χ0n) is 11.1. The third kappa shape index (κ3) is 3.69. The highest BCUT2D eigenvalue weighted by atomic mass is 35.5. The molecule has 0 aliphatic rings. The predicted molar refractivity (Wildman–Crippen MR) is 71.7 cm³/mol. The number of aromatic nitrogens is 2. The number of ether oxygens (including phenoxy) is 1. The second-order valence-corrected chi connectivity index (χ2v) is 4.79. The zero-order chi connectivity index (χ0) is 15.3. The van der Waals surface area contributed by atoms with Crippen molar-refractivity contribution in [2.45, 2.75) is 19.0 Å². The Morgan fingerprint density at radius 2 is 2.15 bits per heavy atom. The largest absolute Gasteiger partial charge is 0.468 e. The topological polar surface area (TPSA) is 114 Å². The SMILES string of the molecule is COC(=O)Cn1ncc(NC(C)(CO)CO)c(Cl)c1=O. The number of methoxy groups -OCH3 is 1. The summed E-state index contributed by atoms with van der Waals surface area (Å²) in [5, 5.41) is 24.7. The van der Waals surface area contributed by atoms with Gasteiger partial charge in [0.1, 0.15) is 11.6 Å². The summed E-state index contributed by atoms with van der Waals surface area (Å²) >= 11 is 5.89. The number of esters is 1. The Balaban J connectivity index is 3.06. The van der Waals surface area contributed by atoms with Crippen LogP contribution in [0.3, 0.4) is 0 Å². The molecule has 20 heavy (non-hydrogen) atoms. The van der Waals surface area contributed by atoms with Crippen LogP contribution in [0.25, 0.3) is 0 Å². The summed E-state index contributed by atoms with van der Waals surface area (Å²) in [7, 11) is 1.19. The van der Waals surface area contributed by atoms with E-state index in [9.17, 15) is 19.8 Å². The summed E-state index contributed by atoms with van der Waals surface area (Å²) in [4.78, 5) is 23.0. The van der Waals surface area contributed by atoms with Gasteiger partial charge in [-0.2, -0.15) is 5.10 Å². The van der Waals surface area contributed by atoms with Crippen LogP contribution in [0.1, 0.15) is 6.92 Å². The lowest BCUT2D eigenvalue weighted by Crippen LogP contribution is -2.43. The Bertz CT molecular complexity index is 541. The normalized spacial score (nSPS) is 11.2. The first-order chi connectivity index (χ1) is 9.36. The number of rotatable bonds is 6. The third-order valence-electron chi connectivity index (χ3n) is 2.63. The Hall–Kier alpha value is -1.64. The molecule has 0 atom stereocenters. The number of hydrogen-bond donors (Lipinski definition) is 3. The van der Waals surface area contributed by atoms with Gasteiger partial charge in [-0.05, 0) is 6.92 Å². The molecular formula is C11H16ClN3O5. The van der Waals surface area contributed by atoms with E-state index < -0.39 is 17.1 Å². The van der Waals surface area contributed by atoms with Crippen LogP contribution < -0.4 is 10.9 Å². The van der Waals surface area contributed by atoms with Crippen LogP contribution in [-0.4, -0.2) is 51.8 Å². The van der Waals surface area contributed by atoms with E-state index in [-0.39, 0.29) is 30.5 Å². The van der Waals surface area contributed by atoms with Crippen LogP contribution in [0.15, 0.2) is 11.0 Å². The fraction of sp³-hybridized carbons (Fsp3) is 0.545. The van der Waals surface area contributed by atoms with E-state index in [1.807, 2.05) is 0 Å². The van der Waals surface area contributed by atoms with E-state index in [4.69, 9.17) is 11.6 Å². The van der Waals surface area contributed by atoms with Crippen molar-refractivity contribution >= 4 is 23.3 Å². The van der Waals surface area contributed by atoms with Gasteiger partial charge in [-0.25, -0.2) is 4.68 Å². The summed E-state index contributed by atoms with van der Waals surface area (Å²) in [6.45, 7) is 0.450. The van der Waals surface area contributed by atoms with Crippen molar-refractivity contribution in [2.24, 2.45) is 0 Å². The van der Waals surface area contributed by atoms with Gasteiger partial charge in [0.15, 0.2) is 0 Å². The second-order valence-electron chi connectivity index (χ2n) is 4.41. The molecule has 0 saturated heterocycles. The minimum Gasteiger partial charge on any atom is -0.468 e. The minimum atomic E-state index is -1.05. The smallest absolute Gasteiger partial charge is 0.327 e. The van der Waals surface area contributed by atoms with Crippen LogP contribution in [-0.2, 0) is 16.1 Å². The van der Waals surface area contributed by atoms with E-state index >= 15 is 0 Å². The maximum absolute atomic E-state index is 11.9. The lowest BCUT2D eigenvalue weighted by Gasteiger charge is -2.27. The first kappa shape index (κ1) is 16.4. The van der Waals surface area contributed by atoms with Crippen molar-refractivity contribution in [3.05, 3.63) is 21.6 Å². The van der Waals surface area contributed by atoms with Gasteiger partial charge < -0.3 is 20.3 Å². The number of anilines is 1. The van der Waals surface area contributed by atoms with Crippen molar-refractivity contribution in [1.82, 2.24) is 9.78 Å². The lowest BCUT2D eigenvalue weighted by molar-refractivity contribution is -0.141. The highest BCUT2D eigenvalue weighted by molar-refractivity contribution is 6.32. The molecule has 0 aliphatic heterocycles. The fourth-order valence-corrected chi connectivity index (χ4v) is 1.50. The molecule has 0 fully saturated rings. The molecule has 0 aromatic carbocycles. The van der Waals surface area contributed by atoms with Gasteiger partial charge in [0.05, 0.1) is 37.7 Å². The molecule has 1 aromatic rings. The Labute approximate surface area is 119 Å². The molecule has 0 spiro atoms. The lowest BCUT2D eigenvalue weighted by atomic mass is 10.1. The number of halogens is 1. The van der Waals surface area contributed by atoms with Gasteiger partial charge in [-0.15, -0.1) is 0 Å². The molecule has 0 unspecified atom stereocenters. The number of nitrogens with one attached hydrogen (secondary N) is 1. The van der Waals surface area contributed by atoms with Crippen LogP contribution >= 0.6 is 11.6 Å². The molecule has 0 saturated carbocycles. The number of aliphatic hydroxyl groups excluding tert-OH is 2. The molecule has 1 rings (SSSR count). The molecule has 1 aromatic heterocycles. The third-order valence-corrected chi connectivity index (χ3v) is 2.99. The molecule has 0 radical (unpaired) electrons. The average molecular weight is 306 g/mol. The minimum absolute atomic E-state index is 0.156. The number of aliphatic hydroxyl groups is 2. The van der Waals surface area contributed by atoms with Crippen molar-refractivity contribution in [2.75, 3.05) is 25.6 Å². The quantitative estimate of drug-likeness (QED) is 0.591. The van der Waals surface area contributed by atoms with E-state index in [1.54, 1.807) is 6.92 Å². The van der Waals surface area contributed by atoms with Crippen LogP contribution in [0.2, 0.25) is 5.02 Å². The van der Waals surface area contributed by atoms with Gasteiger partial charge >= 0.3 is 5.97 Å². The average Bonchev–Trinajstić information content (AvgIpc) is 2.46. The molecule has 8 nitrogen and oxygen atoms in total. The fourth-order valence-electron chi connectivity index (χ4n) is 1.31. The first-order valence-electron chi connectivity index (χ1n) is 5.69. The predicted octanol–water partition coefficient (Wildman–Crippen LogP) is -0.775. The van der Waals surface area contributed by atoms with Gasteiger partial charge in [0, 0.05) is 0 Å². The number of carbonyl (C=O) groups excluding carboxylic acids is 1. The molecule has 0 bridgehead atoms. The van der Waals surface area contributed by atoms with E-state index in [0.29, 0.717) is 0 Å². The van der Waals surface area contributed by atoms with Crippen LogP contribution in [0, 0.1) is 0 Å². The van der Waals surface area contributed by atoms with Crippen molar-refractivity contribution in [1.29, 1.82) is 0 Å². The maximum Gasteiger partial charge on any atom is 0.327 e. The zero-order valence-corrected chi connectivity index (χ0v) is 11.8. The molecule has 112 valence electrons. The van der Waals surface area contributed by atoms with Crippen molar-refractivity contribution in [3.8, 4) is 0 Å². The summed E-state index contributed by atoms with van der Waals surface area (Å²) in [6.07, 6.45) is 1.23. The molecular weight excluding hydrogens is 290 g/mol. The van der Waals surface area contributed by atoms with E-state index in [0.717, 1.165) is 4.68 Å². The number of nitrogens with zero attached hydrogens (tertiary/aromatic N) is 2. The summed E-state index contributed by atoms with van der Waals surface area (Å²) in [5.41, 5.74) is -1.57. The standard InChI is InChI=1S/C11H16ClN3O5/c1-11(5-16,6-17)14-7-3-13-15(4-8(18)20-2)10(19)9(7)12/h3,14,16-17H,4-6H2,1-2H3. The highest BCUT2D eigenvalue weighted by Crippen LogP contribution is 2.20. The van der Waals surface area contributed by atoms with Crippen LogP contribution in [0.4, 0.5) is 5.69 Å². The summed E-state index contributed by atoms with van der Waals surface area (Å²) < 4.78 is 5.29. The van der Waals surface area contributed by atoms with Crippen LogP contribution in [0.5, 0.6) is 0 Å². The van der Waals surface area contributed by atoms with Gasteiger partial charge in [-0.3, -0.25) is 9.59 Å². The molecule has 0 aliphatic carbocycles. The highest BCUT2D eigenvalue weighted by Gasteiger charge is 2.24. The Kier molecular flexibility index (Phi) is 5.49. The number of hydrogen-bond acceptors (Lipinski definition) is 7. The molecule has 1 heterocycles. The second kappa shape index (κ2) is 6.69. The van der Waals surface area contributed by atoms with E-state index in [2.05, 4.69) is 15.2 Å². The van der Waals surface area contributed by atoms with Gasteiger partial charge in [0.2, 0.25) is 0 Å². The van der Waals surface area contributed by atoms with Gasteiger partial charge in [0.25, 0.3) is 5.56 Å². The van der Waals surface area contributed by atoms with Gasteiger partial charge in [-0.1, -0.05) is 11.6 Å². The Morgan fingerprint density at radius 3 is 2.65 bits per heavy atom. The van der Waals surface area contributed by atoms with Crippen molar-refractivity contribution < 1.29 is 19.7 Å². The Morgan fingerprint density at radius 1 is 1.55 bits per heavy atom. The van der Waals surface area contributed by atoms with Crippen molar-refractivity contribution in [3.63, 3.8) is 0 Å². The molecule has 3 N–H and O–H groups in total. The number of carbonyl (C=O) groups is 1.